The molecule has 0 bridgehead atoms. The van der Waals surface area contributed by atoms with Gasteiger partial charge in [-0.05, 0) is 5.56 Å². The van der Waals surface area contributed by atoms with Gasteiger partial charge in [0, 0.05) is 6.42 Å². The minimum atomic E-state index is -0.894. The fourth-order valence-corrected chi connectivity index (χ4v) is 1.63. The Kier molecular flexibility index (Phi) is 3.06. The number of carboxylic acids is 1. The van der Waals surface area contributed by atoms with Crippen LogP contribution in [0.15, 0.2) is 29.4 Å². The van der Waals surface area contributed by atoms with E-state index < -0.39 is 5.97 Å². The van der Waals surface area contributed by atoms with Crippen molar-refractivity contribution in [2.45, 2.75) is 18.9 Å². The van der Waals surface area contributed by atoms with E-state index in [1.165, 1.54) is 0 Å². The lowest BCUT2D eigenvalue weighted by atomic mass is 10.0. The zero-order valence-corrected chi connectivity index (χ0v) is 8.96. The Balaban J connectivity index is 2.05. The summed E-state index contributed by atoms with van der Waals surface area (Å²) in [6.07, 6.45) is 0.0552. The molecule has 0 unspecified atom stereocenters. The molecule has 1 aromatic rings. The summed E-state index contributed by atoms with van der Waals surface area (Å²) in [4.78, 5) is 18.8. The molecule has 2 rings (SSSR count). The fourth-order valence-electron chi connectivity index (χ4n) is 1.63. The highest BCUT2D eigenvalue weighted by molar-refractivity contribution is 6.01. The predicted molar refractivity (Wildman–Crippen MR) is 61.0 cm³/mol. The van der Waals surface area contributed by atoms with E-state index in [2.05, 4.69) is 10.0 Å². The number of aliphatic carboxylic acids is 1. The lowest BCUT2D eigenvalue weighted by molar-refractivity contribution is -0.139. The monoisotopic (exact) mass is 230 g/mol. The SMILES string of the molecule is [C-]#[N+]c1ccc(C2=NO[C@@H](CC(=O)O)C2)cc1. The van der Waals surface area contributed by atoms with Crippen molar-refractivity contribution in [3.8, 4) is 0 Å². The highest BCUT2D eigenvalue weighted by Crippen LogP contribution is 2.21. The Morgan fingerprint density at radius 3 is 2.82 bits per heavy atom. The summed E-state index contributed by atoms with van der Waals surface area (Å²) in [6, 6.07) is 6.99. The third-order valence-corrected chi connectivity index (χ3v) is 2.46. The van der Waals surface area contributed by atoms with E-state index in [1.807, 2.05) is 0 Å². The van der Waals surface area contributed by atoms with Gasteiger partial charge in [0.15, 0.2) is 5.69 Å². The molecule has 1 aliphatic rings. The number of rotatable bonds is 3. The van der Waals surface area contributed by atoms with Gasteiger partial charge in [-0.3, -0.25) is 4.79 Å². The maximum absolute atomic E-state index is 10.5. The van der Waals surface area contributed by atoms with Gasteiger partial charge in [-0.15, -0.1) is 0 Å². The van der Waals surface area contributed by atoms with Crippen LogP contribution in [0.4, 0.5) is 5.69 Å². The van der Waals surface area contributed by atoms with Crippen molar-refractivity contribution in [2.24, 2.45) is 5.16 Å². The van der Waals surface area contributed by atoms with Crippen LogP contribution in [-0.4, -0.2) is 22.9 Å². The van der Waals surface area contributed by atoms with Gasteiger partial charge in [0.1, 0.15) is 6.10 Å². The molecule has 0 fully saturated rings. The molecular weight excluding hydrogens is 220 g/mol. The Labute approximate surface area is 98.1 Å². The molecule has 0 spiro atoms. The number of hydrogen-bond acceptors (Lipinski definition) is 3. The van der Waals surface area contributed by atoms with Gasteiger partial charge < -0.3 is 9.94 Å². The van der Waals surface area contributed by atoms with Crippen LogP contribution in [0.1, 0.15) is 18.4 Å². The molecular formula is C12H10N2O3. The number of oxime groups is 1. The van der Waals surface area contributed by atoms with Crippen LogP contribution in [0, 0.1) is 6.57 Å². The van der Waals surface area contributed by atoms with Crippen LogP contribution in [0.25, 0.3) is 4.85 Å². The standard InChI is InChI=1S/C12H10N2O3/c1-13-9-4-2-8(3-5-9)11-6-10(17-14-11)7-12(15)16/h2-5,10H,6-7H2,(H,15,16)/t10-/m1/s1. The first-order valence-corrected chi connectivity index (χ1v) is 5.11. The zero-order valence-electron chi connectivity index (χ0n) is 8.96. The molecule has 5 nitrogen and oxygen atoms in total. The van der Waals surface area contributed by atoms with Gasteiger partial charge in [0.25, 0.3) is 0 Å². The van der Waals surface area contributed by atoms with Crippen molar-refractivity contribution in [2.75, 3.05) is 0 Å². The van der Waals surface area contributed by atoms with Crippen LogP contribution in [0.5, 0.6) is 0 Å². The molecule has 86 valence electrons. The van der Waals surface area contributed by atoms with E-state index in [1.54, 1.807) is 24.3 Å². The molecule has 0 saturated carbocycles. The molecule has 1 aliphatic heterocycles. The predicted octanol–water partition coefficient (Wildman–Crippen LogP) is 2.21. The second kappa shape index (κ2) is 4.66. The highest BCUT2D eigenvalue weighted by atomic mass is 16.6. The average Bonchev–Trinajstić information content (AvgIpc) is 2.77. The van der Waals surface area contributed by atoms with Gasteiger partial charge in [0.05, 0.1) is 18.7 Å². The molecule has 0 amide bonds. The average molecular weight is 230 g/mol. The van der Waals surface area contributed by atoms with Gasteiger partial charge in [-0.2, -0.15) is 0 Å². The van der Waals surface area contributed by atoms with Crippen molar-refractivity contribution in [1.82, 2.24) is 0 Å². The van der Waals surface area contributed by atoms with Crippen molar-refractivity contribution < 1.29 is 14.7 Å². The molecule has 0 aromatic heterocycles. The Bertz CT molecular complexity index is 499. The maximum atomic E-state index is 10.5. The van der Waals surface area contributed by atoms with Crippen molar-refractivity contribution in [3.05, 3.63) is 41.2 Å². The summed E-state index contributed by atoms with van der Waals surface area (Å²) in [5.74, 6) is -0.894. The first-order chi connectivity index (χ1) is 8.19. The normalized spacial score (nSPS) is 18.1. The van der Waals surface area contributed by atoms with Crippen LogP contribution in [-0.2, 0) is 9.63 Å². The molecule has 0 radical (unpaired) electrons. The first kappa shape index (κ1) is 11.1. The smallest absolute Gasteiger partial charge is 0.307 e. The number of carbonyl (C=O) groups is 1. The molecule has 0 aliphatic carbocycles. The number of hydrogen-bond donors (Lipinski definition) is 1. The van der Waals surface area contributed by atoms with Gasteiger partial charge in [0.2, 0.25) is 0 Å². The Morgan fingerprint density at radius 1 is 1.53 bits per heavy atom. The lowest BCUT2D eigenvalue weighted by Gasteiger charge is -2.03. The molecule has 1 aromatic carbocycles. The topological polar surface area (TPSA) is 63.2 Å². The van der Waals surface area contributed by atoms with Crippen LogP contribution >= 0.6 is 0 Å². The largest absolute Gasteiger partial charge is 0.481 e. The van der Waals surface area contributed by atoms with Crippen LogP contribution in [0.2, 0.25) is 0 Å². The van der Waals surface area contributed by atoms with E-state index >= 15 is 0 Å². The third kappa shape index (κ3) is 2.61. The van der Waals surface area contributed by atoms with Crippen molar-refractivity contribution in [3.63, 3.8) is 0 Å². The van der Waals surface area contributed by atoms with Crippen LogP contribution in [0.3, 0.4) is 0 Å². The highest BCUT2D eigenvalue weighted by Gasteiger charge is 2.24. The Hall–Kier alpha value is -2.35. The van der Waals surface area contributed by atoms with E-state index in [0.29, 0.717) is 12.1 Å². The van der Waals surface area contributed by atoms with E-state index in [4.69, 9.17) is 16.5 Å². The molecule has 5 heteroatoms. The van der Waals surface area contributed by atoms with Gasteiger partial charge in [-0.1, -0.05) is 29.4 Å². The van der Waals surface area contributed by atoms with E-state index in [9.17, 15) is 4.79 Å². The summed E-state index contributed by atoms with van der Waals surface area (Å²) in [5.41, 5.74) is 2.16. The first-order valence-electron chi connectivity index (χ1n) is 5.11. The summed E-state index contributed by atoms with van der Waals surface area (Å²) in [5, 5.41) is 12.5. The van der Waals surface area contributed by atoms with Gasteiger partial charge in [-0.25, -0.2) is 4.85 Å². The summed E-state index contributed by atoms with van der Waals surface area (Å²) in [7, 11) is 0. The molecule has 1 atom stereocenters. The second-order valence-corrected chi connectivity index (χ2v) is 3.73. The number of carboxylic acid groups (broad SMARTS) is 1. The molecule has 1 N–H and O–H groups in total. The van der Waals surface area contributed by atoms with Gasteiger partial charge >= 0.3 is 5.97 Å². The Morgan fingerprint density at radius 2 is 2.24 bits per heavy atom. The summed E-state index contributed by atoms with van der Waals surface area (Å²) >= 11 is 0. The number of nitrogens with zero attached hydrogens (tertiary/aromatic N) is 2. The third-order valence-electron chi connectivity index (χ3n) is 2.46. The second-order valence-electron chi connectivity index (χ2n) is 3.73. The van der Waals surface area contributed by atoms with Crippen molar-refractivity contribution >= 4 is 17.4 Å². The zero-order chi connectivity index (χ0) is 12.3. The van der Waals surface area contributed by atoms with E-state index in [0.717, 1.165) is 11.3 Å². The maximum Gasteiger partial charge on any atom is 0.307 e. The number of benzene rings is 1. The fraction of sp³-hybridized carbons (Fsp3) is 0.250. The molecule has 17 heavy (non-hydrogen) atoms. The van der Waals surface area contributed by atoms with Crippen molar-refractivity contribution in [1.29, 1.82) is 0 Å². The minimum Gasteiger partial charge on any atom is -0.481 e. The molecule has 0 saturated heterocycles. The summed E-state index contributed by atoms with van der Waals surface area (Å²) < 4.78 is 0. The minimum absolute atomic E-state index is 0.0485. The quantitative estimate of drug-likeness (QED) is 0.809. The van der Waals surface area contributed by atoms with Crippen LogP contribution < -0.4 is 0 Å². The van der Waals surface area contributed by atoms with E-state index in [-0.39, 0.29) is 12.5 Å². The lowest BCUT2D eigenvalue weighted by Crippen LogP contribution is -2.13. The summed E-state index contributed by atoms with van der Waals surface area (Å²) in [6.45, 7) is 6.84. The molecule has 1 heterocycles.